The number of aryl methyl sites for hydroxylation is 1. The molecular formula is C17H18ClNOS. The number of carbonyl (C=O) groups excluding carboxylic acids is 1. The van der Waals surface area contributed by atoms with Gasteiger partial charge in [-0.05, 0) is 55.0 Å². The molecule has 0 bridgehead atoms. The number of benzene rings is 2. The Kier molecular flexibility index (Phi) is 6.15. The molecule has 0 saturated heterocycles. The molecule has 0 atom stereocenters. The Labute approximate surface area is 134 Å². The van der Waals surface area contributed by atoms with Crippen LogP contribution in [0.1, 0.15) is 18.4 Å². The van der Waals surface area contributed by atoms with Crippen LogP contribution in [-0.2, 0) is 11.2 Å². The van der Waals surface area contributed by atoms with E-state index in [0.717, 1.165) is 28.4 Å². The smallest absolute Gasteiger partial charge is 0.224 e. The molecule has 0 unspecified atom stereocenters. The first kappa shape index (κ1) is 15.9. The minimum atomic E-state index is 0.0576. The molecule has 0 saturated carbocycles. The lowest BCUT2D eigenvalue weighted by molar-refractivity contribution is -0.116. The van der Waals surface area contributed by atoms with Crippen molar-refractivity contribution in [2.75, 3.05) is 11.6 Å². The maximum atomic E-state index is 11.9. The van der Waals surface area contributed by atoms with Crippen molar-refractivity contribution in [1.82, 2.24) is 0 Å². The third-order valence-corrected chi connectivity index (χ3v) is 4.11. The maximum Gasteiger partial charge on any atom is 0.224 e. The topological polar surface area (TPSA) is 29.1 Å². The van der Waals surface area contributed by atoms with Gasteiger partial charge in [-0.15, -0.1) is 11.8 Å². The van der Waals surface area contributed by atoms with Crippen LogP contribution in [0.2, 0.25) is 5.02 Å². The molecule has 1 N–H and O–H groups in total. The van der Waals surface area contributed by atoms with E-state index in [1.807, 2.05) is 54.8 Å². The van der Waals surface area contributed by atoms with E-state index in [9.17, 15) is 4.79 Å². The van der Waals surface area contributed by atoms with Crippen molar-refractivity contribution in [3.05, 3.63) is 59.1 Å². The normalized spacial score (nSPS) is 10.4. The number of thioether (sulfide) groups is 1. The van der Waals surface area contributed by atoms with Gasteiger partial charge >= 0.3 is 0 Å². The summed E-state index contributed by atoms with van der Waals surface area (Å²) in [6.07, 6.45) is 4.25. The van der Waals surface area contributed by atoms with Crippen LogP contribution >= 0.6 is 23.4 Å². The zero-order valence-corrected chi connectivity index (χ0v) is 13.5. The largest absolute Gasteiger partial charge is 0.326 e. The van der Waals surface area contributed by atoms with Gasteiger partial charge in [0.25, 0.3) is 0 Å². The van der Waals surface area contributed by atoms with E-state index in [0.29, 0.717) is 6.42 Å². The number of anilines is 1. The van der Waals surface area contributed by atoms with Gasteiger partial charge in [-0.1, -0.05) is 29.8 Å². The molecule has 0 spiro atoms. The Morgan fingerprint density at radius 3 is 2.67 bits per heavy atom. The van der Waals surface area contributed by atoms with Gasteiger partial charge in [0.2, 0.25) is 5.91 Å². The highest BCUT2D eigenvalue weighted by molar-refractivity contribution is 7.98. The molecule has 0 aliphatic rings. The van der Waals surface area contributed by atoms with Crippen molar-refractivity contribution in [1.29, 1.82) is 0 Å². The Morgan fingerprint density at radius 2 is 1.95 bits per heavy atom. The predicted molar refractivity (Wildman–Crippen MR) is 91.2 cm³/mol. The Bertz CT molecular complexity index is 598. The molecule has 21 heavy (non-hydrogen) atoms. The number of hydrogen-bond acceptors (Lipinski definition) is 2. The van der Waals surface area contributed by atoms with Crippen LogP contribution in [0.3, 0.4) is 0 Å². The molecule has 1 amide bonds. The number of rotatable bonds is 6. The zero-order valence-electron chi connectivity index (χ0n) is 11.9. The van der Waals surface area contributed by atoms with Crippen LogP contribution in [0, 0.1) is 0 Å². The number of hydrogen-bond donors (Lipinski definition) is 1. The highest BCUT2D eigenvalue weighted by Crippen LogP contribution is 2.19. The standard InChI is InChI=1S/C17H18ClNOS/c1-21-16-6-3-5-15(12-16)19-17(20)7-2-4-13-8-10-14(18)11-9-13/h3,5-6,8-12H,2,4,7H2,1H3,(H,19,20). The van der Waals surface area contributed by atoms with Gasteiger partial charge in [-0.2, -0.15) is 0 Å². The van der Waals surface area contributed by atoms with Crippen LogP contribution in [0.4, 0.5) is 5.69 Å². The van der Waals surface area contributed by atoms with E-state index < -0.39 is 0 Å². The highest BCUT2D eigenvalue weighted by atomic mass is 35.5. The SMILES string of the molecule is CSc1cccc(NC(=O)CCCc2ccc(Cl)cc2)c1. The van der Waals surface area contributed by atoms with E-state index >= 15 is 0 Å². The van der Waals surface area contributed by atoms with Crippen LogP contribution in [0.5, 0.6) is 0 Å². The molecule has 110 valence electrons. The summed E-state index contributed by atoms with van der Waals surface area (Å²) in [6, 6.07) is 15.6. The highest BCUT2D eigenvalue weighted by Gasteiger charge is 2.03. The molecule has 2 nitrogen and oxygen atoms in total. The summed E-state index contributed by atoms with van der Waals surface area (Å²) in [4.78, 5) is 13.1. The van der Waals surface area contributed by atoms with E-state index in [1.54, 1.807) is 11.8 Å². The fourth-order valence-corrected chi connectivity index (χ4v) is 2.61. The number of halogens is 1. The van der Waals surface area contributed by atoms with Gasteiger partial charge in [0, 0.05) is 22.0 Å². The summed E-state index contributed by atoms with van der Waals surface area (Å²) in [7, 11) is 0. The van der Waals surface area contributed by atoms with Crippen LogP contribution in [0.25, 0.3) is 0 Å². The second-order valence-corrected chi connectivity index (χ2v) is 6.08. The first-order valence-electron chi connectivity index (χ1n) is 6.86. The molecule has 2 aromatic rings. The molecule has 4 heteroatoms. The fraction of sp³-hybridized carbons (Fsp3) is 0.235. The molecule has 2 rings (SSSR count). The Morgan fingerprint density at radius 1 is 1.19 bits per heavy atom. The van der Waals surface area contributed by atoms with Crippen molar-refractivity contribution < 1.29 is 4.79 Å². The van der Waals surface area contributed by atoms with Crippen LogP contribution in [0.15, 0.2) is 53.4 Å². The third kappa shape index (κ3) is 5.44. The van der Waals surface area contributed by atoms with Gasteiger partial charge in [-0.3, -0.25) is 4.79 Å². The molecule has 2 aromatic carbocycles. The summed E-state index contributed by atoms with van der Waals surface area (Å²) < 4.78 is 0. The lowest BCUT2D eigenvalue weighted by atomic mass is 10.1. The second-order valence-electron chi connectivity index (χ2n) is 4.76. The molecule has 0 heterocycles. The third-order valence-electron chi connectivity index (χ3n) is 3.14. The van der Waals surface area contributed by atoms with Gasteiger partial charge in [-0.25, -0.2) is 0 Å². The quantitative estimate of drug-likeness (QED) is 0.757. The summed E-state index contributed by atoms with van der Waals surface area (Å²) in [5.41, 5.74) is 2.06. The number of nitrogens with one attached hydrogen (secondary N) is 1. The monoisotopic (exact) mass is 319 g/mol. The summed E-state index contributed by atoms with van der Waals surface area (Å²) in [5, 5.41) is 3.68. The second kappa shape index (κ2) is 8.11. The molecule has 0 fully saturated rings. The van der Waals surface area contributed by atoms with Gasteiger partial charge < -0.3 is 5.32 Å². The average Bonchev–Trinajstić information content (AvgIpc) is 2.49. The lowest BCUT2D eigenvalue weighted by Gasteiger charge is -2.06. The maximum absolute atomic E-state index is 11.9. The Hall–Kier alpha value is -1.45. The molecule has 0 aliphatic heterocycles. The van der Waals surface area contributed by atoms with E-state index in [2.05, 4.69) is 5.32 Å². The first-order chi connectivity index (χ1) is 10.2. The number of amides is 1. The van der Waals surface area contributed by atoms with Crippen molar-refractivity contribution >= 4 is 35.0 Å². The van der Waals surface area contributed by atoms with Gasteiger partial charge in [0.15, 0.2) is 0 Å². The zero-order chi connectivity index (χ0) is 15.1. The molecule has 0 radical (unpaired) electrons. The van der Waals surface area contributed by atoms with E-state index in [1.165, 1.54) is 5.56 Å². The fourth-order valence-electron chi connectivity index (χ4n) is 2.03. The average molecular weight is 320 g/mol. The van der Waals surface area contributed by atoms with Crippen molar-refractivity contribution in [2.24, 2.45) is 0 Å². The van der Waals surface area contributed by atoms with E-state index in [4.69, 9.17) is 11.6 Å². The van der Waals surface area contributed by atoms with E-state index in [-0.39, 0.29) is 5.91 Å². The van der Waals surface area contributed by atoms with Crippen molar-refractivity contribution in [3.63, 3.8) is 0 Å². The number of carbonyl (C=O) groups is 1. The minimum Gasteiger partial charge on any atom is -0.326 e. The van der Waals surface area contributed by atoms with Gasteiger partial charge in [0.05, 0.1) is 0 Å². The van der Waals surface area contributed by atoms with Crippen LogP contribution < -0.4 is 5.32 Å². The first-order valence-corrected chi connectivity index (χ1v) is 8.46. The van der Waals surface area contributed by atoms with Gasteiger partial charge in [0.1, 0.15) is 0 Å². The van der Waals surface area contributed by atoms with Crippen molar-refractivity contribution in [2.45, 2.75) is 24.2 Å². The van der Waals surface area contributed by atoms with Crippen molar-refractivity contribution in [3.8, 4) is 0 Å². The molecule has 0 aliphatic carbocycles. The Balaban J connectivity index is 1.78. The summed E-state index contributed by atoms with van der Waals surface area (Å²) in [5.74, 6) is 0.0576. The lowest BCUT2D eigenvalue weighted by Crippen LogP contribution is -2.11. The van der Waals surface area contributed by atoms with Crippen LogP contribution in [-0.4, -0.2) is 12.2 Å². The summed E-state index contributed by atoms with van der Waals surface area (Å²) in [6.45, 7) is 0. The molecular weight excluding hydrogens is 302 g/mol. The molecule has 0 aromatic heterocycles. The predicted octanol–water partition coefficient (Wildman–Crippen LogP) is 5.02. The summed E-state index contributed by atoms with van der Waals surface area (Å²) >= 11 is 7.51. The minimum absolute atomic E-state index is 0.0576.